The van der Waals surface area contributed by atoms with E-state index in [0.29, 0.717) is 34.2 Å². The number of alkyl halides is 1. The average Bonchev–Trinajstić information content (AvgIpc) is 3.26. The number of rotatable bonds is 3. The molecule has 1 amide bonds. The number of fused-ring (bicyclic) bond motifs is 1. The highest BCUT2D eigenvalue weighted by molar-refractivity contribution is 7.17. The Morgan fingerprint density at radius 3 is 2.93 bits per heavy atom. The van der Waals surface area contributed by atoms with Crippen LogP contribution >= 0.6 is 22.9 Å². The van der Waals surface area contributed by atoms with Crippen LogP contribution in [-0.4, -0.2) is 39.8 Å². The van der Waals surface area contributed by atoms with Crippen molar-refractivity contribution in [2.24, 2.45) is 0 Å². The lowest BCUT2D eigenvalue weighted by atomic mass is 10.1. The van der Waals surface area contributed by atoms with E-state index in [1.54, 1.807) is 11.4 Å². The monoisotopic (exact) mass is 409 g/mol. The molecular formula is C18H14ClF2N3O2S. The van der Waals surface area contributed by atoms with E-state index >= 15 is 0 Å². The topological polar surface area (TPSA) is 55.2 Å². The Kier molecular flexibility index (Phi) is 4.69. The van der Waals surface area contributed by atoms with Gasteiger partial charge in [0, 0.05) is 17.5 Å². The largest absolute Gasteiger partial charge is 0.338 e. The van der Waals surface area contributed by atoms with Gasteiger partial charge in [-0.25, -0.2) is 13.5 Å². The summed E-state index contributed by atoms with van der Waals surface area (Å²) in [5.74, 6) is -0.925. The molecule has 4 rings (SSSR count). The molecular weight excluding hydrogens is 396 g/mol. The van der Waals surface area contributed by atoms with Gasteiger partial charge in [0.2, 0.25) is 5.91 Å². The maximum absolute atomic E-state index is 13.8. The summed E-state index contributed by atoms with van der Waals surface area (Å²) < 4.78 is 28.8. The third kappa shape index (κ3) is 3.35. The fraction of sp³-hybridized carbons (Fsp3) is 0.278. The molecule has 3 heterocycles. The number of hydrogen-bond acceptors (Lipinski definition) is 4. The van der Waals surface area contributed by atoms with Gasteiger partial charge in [-0.3, -0.25) is 9.59 Å². The van der Waals surface area contributed by atoms with Crippen molar-refractivity contribution in [3.05, 3.63) is 51.0 Å². The number of likely N-dealkylation sites (tertiary alicyclic amines) is 1. The zero-order valence-corrected chi connectivity index (χ0v) is 15.6. The van der Waals surface area contributed by atoms with Gasteiger partial charge < -0.3 is 4.90 Å². The summed E-state index contributed by atoms with van der Waals surface area (Å²) in [7, 11) is 0. The van der Waals surface area contributed by atoms with E-state index in [-0.39, 0.29) is 24.0 Å². The zero-order valence-electron chi connectivity index (χ0n) is 14.0. The highest BCUT2D eigenvalue weighted by Gasteiger charge is 2.26. The van der Waals surface area contributed by atoms with E-state index in [1.807, 2.05) is 0 Å². The number of hydrogen-bond donors (Lipinski definition) is 0. The lowest BCUT2D eigenvalue weighted by Crippen LogP contribution is -2.36. The molecule has 5 nitrogen and oxygen atoms in total. The Morgan fingerprint density at radius 1 is 1.41 bits per heavy atom. The van der Waals surface area contributed by atoms with Gasteiger partial charge in [0.05, 0.1) is 27.9 Å². The Hall–Kier alpha value is -2.32. The molecule has 1 saturated heterocycles. The molecule has 0 saturated carbocycles. The maximum Gasteiger partial charge on any atom is 0.276 e. The number of carbonyl (C=O) groups is 1. The van der Waals surface area contributed by atoms with Gasteiger partial charge in [-0.2, -0.15) is 5.10 Å². The Balaban J connectivity index is 1.72. The summed E-state index contributed by atoms with van der Waals surface area (Å²) in [6, 6.07) is 4.33. The molecule has 1 aliphatic rings. The van der Waals surface area contributed by atoms with Crippen LogP contribution in [0.5, 0.6) is 0 Å². The van der Waals surface area contributed by atoms with Crippen LogP contribution in [0, 0.1) is 5.82 Å². The highest BCUT2D eigenvalue weighted by Crippen LogP contribution is 2.32. The van der Waals surface area contributed by atoms with E-state index in [2.05, 4.69) is 5.10 Å². The molecule has 0 bridgehead atoms. The first-order valence-electron chi connectivity index (χ1n) is 8.28. The summed E-state index contributed by atoms with van der Waals surface area (Å²) in [4.78, 5) is 26.6. The molecule has 0 radical (unpaired) electrons. The lowest BCUT2D eigenvalue weighted by Gasteiger charge is -2.15. The van der Waals surface area contributed by atoms with Gasteiger partial charge in [0.15, 0.2) is 0 Å². The second kappa shape index (κ2) is 7.01. The fourth-order valence-corrected chi connectivity index (χ4v) is 4.19. The normalized spacial score (nSPS) is 17.0. The minimum absolute atomic E-state index is 0.000241. The second-order valence-corrected chi connectivity index (χ2v) is 7.67. The smallest absolute Gasteiger partial charge is 0.276 e. The van der Waals surface area contributed by atoms with Crippen LogP contribution in [0.15, 0.2) is 34.6 Å². The fourth-order valence-electron chi connectivity index (χ4n) is 3.15. The molecule has 27 heavy (non-hydrogen) atoms. The van der Waals surface area contributed by atoms with Gasteiger partial charge in [0.25, 0.3) is 5.56 Å². The number of amides is 1. The molecule has 1 atom stereocenters. The van der Waals surface area contributed by atoms with Crippen molar-refractivity contribution in [3.8, 4) is 11.1 Å². The molecule has 0 N–H and O–H groups in total. The van der Waals surface area contributed by atoms with Gasteiger partial charge in [0.1, 0.15) is 18.5 Å². The zero-order chi connectivity index (χ0) is 19.1. The number of benzene rings is 1. The predicted molar refractivity (Wildman–Crippen MR) is 100 cm³/mol. The van der Waals surface area contributed by atoms with Crippen molar-refractivity contribution in [3.63, 3.8) is 0 Å². The van der Waals surface area contributed by atoms with Crippen LogP contribution in [-0.2, 0) is 11.3 Å². The molecule has 0 spiro atoms. The molecule has 2 aromatic heterocycles. The Labute approximate surface area is 161 Å². The van der Waals surface area contributed by atoms with E-state index in [4.69, 9.17) is 11.6 Å². The van der Waals surface area contributed by atoms with E-state index in [1.165, 1.54) is 34.6 Å². The SMILES string of the molecule is O=C(Cn1ncc2scc(-c3ccc(Cl)c(F)c3)c2c1=O)N1CCC(F)C1. The number of aromatic nitrogens is 2. The van der Waals surface area contributed by atoms with Crippen LogP contribution in [0.4, 0.5) is 8.78 Å². The highest BCUT2D eigenvalue weighted by atomic mass is 35.5. The van der Waals surface area contributed by atoms with Crippen LogP contribution in [0.2, 0.25) is 5.02 Å². The van der Waals surface area contributed by atoms with Crippen LogP contribution < -0.4 is 5.56 Å². The van der Waals surface area contributed by atoms with E-state index < -0.39 is 17.5 Å². The van der Waals surface area contributed by atoms with Crippen LogP contribution in [0.25, 0.3) is 21.2 Å². The molecule has 1 aliphatic heterocycles. The number of halogens is 3. The first-order valence-corrected chi connectivity index (χ1v) is 9.54. The number of nitrogens with zero attached hydrogens (tertiary/aromatic N) is 3. The summed E-state index contributed by atoms with van der Waals surface area (Å²) in [5, 5.41) is 6.17. The first-order chi connectivity index (χ1) is 12.9. The average molecular weight is 410 g/mol. The maximum atomic E-state index is 13.8. The lowest BCUT2D eigenvalue weighted by molar-refractivity contribution is -0.131. The number of thiophene rings is 1. The minimum Gasteiger partial charge on any atom is -0.338 e. The van der Waals surface area contributed by atoms with E-state index in [9.17, 15) is 18.4 Å². The Bertz CT molecular complexity index is 1100. The van der Waals surface area contributed by atoms with Crippen LogP contribution in [0.3, 0.4) is 0 Å². The number of carbonyl (C=O) groups excluding carboxylic acids is 1. The van der Waals surface area contributed by atoms with Gasteiger partial charge in [-0.1, -0.05) is 17.7 Å². The predicted octanol–water partition coefficient (Wildman–Crippen LogP) is 3.49. The van der Waals surface area contributed by atoms with Gasteiger partial charge in [-0.05, 0) is 24.1 Å². The molecule has 140 valence electrons. The quantitative estimate of drug-likeness (QED) is 0.665. The second-order valence-electron chi connectivity index (χ2n) is 6.35. The minimum atomic E-state index is -1.02. The summed E-state index contributed by atoms with van der Waals surface area (Å²) in [6.07, 6.45) is 0.792. The van der Waals surface area contributed by atoms with Crippen molar-refractivity contribution in [1.29, 1.82) is 0 Å². The van der Waals surface area contributed by atoms with Crippen molar-refractivity contribution < 1.29 is 13.6 Å². The van der Waals surface area contributed by atoms with Crippen molar-refractivity contribution in [2.45, 2.75) is 19.1 Å². The van der Waals surface area contributed by atoms with Gasteiger partial charge in [-0.15, -0.1) is 11.3 Å². The molecule has 1 unspecified atom stereocenters. The summed E-state index contributed by atoms with van der Waals surface area (Å²) in [5.41, 5.74) is 0.636. The van der Waals surface area contributed by atoms with Crippen molar-refractivity contribution in [1.82, 2.24) is 14.7 Å². The molecule has 9 heteroatoms. The van der Waals surface area contributed by atoms with E-state index in [0.717, 1.165) is 4.68 Å². The van der Waals surface area contributed by atoms with Crippen molar-refractivity contribution in [2.75, 3.05) is 13.1 Å². The molecule has 0 aliphatic carbocycles. The molecule has 1 fully saturated rings. The Morgan fingerprint density at radius 2 is 2.22 bits per heavy atom. The van der Waals surface area contributed by atoms with Crippen LogP contribution in [0.1, 0.15) is 6.42 Å². The molecule has 1 aromatic carbocycles. The first kappa shape index (κ1) is 18.1. The summed E-state index contributed by atoms with van der Waals surface area (Å²) in [6.45, 7) is 0.125. The van der Waals surface area contributed by atoms with Crippen molar-refractivity contribution >= 4 is 38.9 Å². The third-order valence-electron chi connectivity index (χ3n) is 4.58. The summed E-state index contributed by atoms with van der Waals surface area (Å²) >= 11 is 7.04. The van der Waals surface area contributed by atoms with Gasteiger partial charge >= 0.3 is 0 Å². The standard InChI is InChI=1S/C18H14ClF2N3O2S/c19-13-2-1-10(5-14(13)21)12-9-27-15-6-22-24(18(26)17(12)15)8-16(25)23-4-3-11(20)7-23/h1-2,5-6,9,11H,3-4,7-8H2. The third-order valence-corrected chi connectivity index (χ3v) is 5.80. The molecule has 3 aromatic rings.